The smallest absolute Gasteiger partial charge is 0.263 e. The summed E-state index contributed by atoms with van der Waals surface area (Å²) in [5.41, 5.74) is 0.788. The van der Waals surface area contributed by atoms with Crippen molar-refractivity contribution in [1.29, 1.82) is 0 Å². The third-order valence-electron chi connectivity index (χ3n) is 6.63. The van der Waals surface area contributed by atoms with Gasteiger partial charge in [-0.1, -0.05) is 64.6 Å². The van der Waals surface area contributed by atoms with E-state index in [1.807, 2.05) is 4.90 Å². The van der Waals surface area contributed by atoms with Crippen LogP contribution in [0.2, 0.25) is 20.1 Å². The molecule has 1 aliphatic rings. The van der Waals surface area contributed by atoms with Crippen molar-refractivity contribution in [3.05, 3.63) is 105 Å². The molecule has 236 valence electrons. The molecule has 0 saturated carbocycles. The summed E-state index contributed by atoms with van der Waals surface area (Å²) in [4.78, 5) is 15.0. The van der Waals surface area contributed by atoms with Gasteiger partial charge in [-0.15, -0.1) is 0 Å². The molecule has 10 nitrogen and oxygen atoms in total. The Hall–Kier alpha value is -3.23. The van der Waals surface area contributed by atoms with E-state index in [4.69, 9.17) is 51.1 Å². The SMILES string of the molecule is O=C(Nc1cc(S(=O)(=O)Nc2ccccc2Cl)ccc1N1CCOCC1)c1cc(S(=O)(=O)Nc2cccc(Cl)c2)c(Cl)cc1Cl. The molecule has 1 aliphatic heterocycles. The molecule has 5 rings (SSSR count). The Balaban J connectivity index is 1.50. The second-order valence-electron chi connectivity index (χ2n) is 9.70. The van der Waals surface area contributed by atoms with Crippen LogP contribution < -0.4 is 19.7 Å². The number of nitrogens with zero attached hydrogens (tertiary/aromatic N) is 1. The molecule has 45 heavy (non-hydrogen) atoms. The fourth-order valence-corrected chi connectivity index (χ4v) is 7.92. The van der Waals surface area contributed by atoms with E-state index in [2.05, 4.69) is 14.8 Å². The Morgan fingerprint density at radius 2 is 1.44 bits per heavy atom. The van der Waals surface area contributed by atoms with E-state index in [-0.39, 0.29) is 42.6 Å². The van der Waals surface area contributed by atoms with Gasteiger partial charge >= 0.3 is 0 Å². The highest BCUT2D eigenvalue weighted by atomic mass is 35.5. The predicted molar refractivity (Wildman–Crippen MR) is 178 cm³/mol. The molecule has 0 spiro atoms. The van der Waals surface area contributed by atoms with Gasteiger partial charge in [0.25, 0.3) is 26.0 Å². The number of ether oxygens (including phenoxy) is 1. The summed E-state index contributed by atoms with van der Waals surface area (Å²) in [7, 11) is -8.44. The van der Waals surface area contributed by atoms with E-state index < -0.39 is 30.8 Å². The lowest BCUT2D eigenvalue weighted by atomic mass is 10.2. The van der Waals surface area contributed by atoms with Crippen LogP contribution in [0.5, 0.6) is 0 Å². The van der Waals surface area contributed by atoms with E-state index in [0.29, 0.717) is 37.0 Å². The molecule has 1 fully saturated rings. The summed E-state index contributed by atoms with van der Waals surface area (Å²) in [6.07, 6.45) is 0. The van der Waals surface area contributed by atoms with Crippen molar-refractivity contribution in [2.75, 3.05) is 46.0 Å². The number of sulfonamides is 2. The highest BCUT2D eigenvalue weighted by molar-refractivity contribution is 7.93. The number of carbonyl (C=O) groups excluding carboxylic acids is 1. The van der Waals surface area contributed by atoms with Gasteiger partial charge in [0, 0.05) is 18.1 Å². The lowest BCUT2D eigenvalue weighted by Gasteiger charge is -2.31. The highest BCUT2D eigenvalue weighted by Crippen LogP contribution is 2.34. The van der Waals surface area contributed by atoms with Crippen LogP contribution >= 0.6 is 46.4 Å². The van der Waals surface area contributed by atoms with Gasteiger partial charge in [-0.3, -0.25) is 14.2 Å². The van der Waals surface area contributed by atoms with Crippen LogP contribution in [0.3, 0.4) is 0 Å². The molecule has 16 heteroatoms. The molecule has 1 heterocycles. The van der Waals surface area contributed by atoms with Gasteiger partial charge in [0.05, 0.1) is 61.5 Å². The van der Waals surface area contributed by atoms with Gasteiger partial charge < -0.3 is 15.0 Å². The van der Waals surface area contributed by atoms with E-state index in [9.17, 15) is 21.6 Å². The maximum Gasteiger partial charge on any atom is 0.263 e. The minimum absolute atomic E-state index is 0.128. The second-order valence-corrected chi connectivity index (χ2v) is 14.7. The maximum absolute atomic E-state index is 13.7. The molecule has 0 aromatic heterocycles. The molecule has 1 amide bonds. The lowest BCUT2D eigenvalue weighted by Crippen LogP contribution is -2.36. The predicted octanol–water partition coefficient (Wildman–Crippen LogP) is 6.99. The van der Waals surface area contributed by atoms with Crippen LogP contribution in [0.1, 0.15) is 10.4 Å². The number of benzene rings is 4. The lowest BCUT2D eigenvalue weighted by molar-refractivity contribution is 0.102. The molecule has 4 aromatic rings. The van der Waals surface area contributed by atoms with Gasteiger partial charge in [-0.05, 0) is 60.7 Å². The number of nitrogens with one attached hydrogen (secondary N) is 3. The number of carbonyl (C=O) groups is 1. The molecule has 0 unspecified atom stereocenters. The zero-order valence-corrected chi connectivity index (χ0v) is 27.7. The maximum atomic E-state index is 13.7. The Morgan fingerprint density at radius 3 is 2.16 bits per heavy atom. The Bertz CT molecular complexity index is 1990. The van der Waals surface area contributed by atoms with Crippen molar-refractivity contribution in [3.8, 4) is 0 Å². The zero-order valence-electron chi connectivity index (χ0n) is 23.1. The summed E-state index contributed by atoms with van der Waals surface area (Å²) in [5.74, 6) is -0.806. The Labute approximate surface area is 280 Å². The number of morpholine rings is 1. The van der Waals surface area contributed by atoms with Crippen LogP contribution in [-0.2, 0) is 24.8 Å². The van der Waals surface area contributed by atoms with Crippen LogP contribution in [0.25, 0.3) is 0 Å². The van der Waals surface area contributed by atoms with E-state index in [1.54, 1.807) is 36.4 Å². The average Bonchev–Trinajstić information content (AvgIpc) is 2.98. The first kappa shape index (κ1) is 33.1. The van der Waals surface area contributed by atoms with Crippen LogP contribution in [-0.4, -0.2) is 49.0 Å². The van der Waals surface area contributed by atoms with Crippen molar-refractivity contribution >= 4 is 95.1 Å². The fraction of sp³-hybridized carbons (Fsp3) is 0.138. The number of hydrogen-bond donors (Lipinski definition) is 3. The first-order chi connectivity index (χ1) is 21.3. The van der Waals surface area contributed by atoms with Crippen molar-refractivity contribution in [1.82, 2.24) is 0 Å². The van der Waals surface area contributed by atoms with E-state index in [0.717, 1.165) is 12.1 Å². The number of rotatable bonds is 9. The number of hydrogen-bond acceptors (Lipinski definition) is 7. The molecule has 3 N–H and O–H groups in total. The van der Waals surface area contributed by atoms with E-state index >= 15 is 0 Å². The van der Waals surface area contributed by atoms with Crippen molar-refractivity contribution in [2.24, 2.45) is 0 Å². The van der Waals surface area contributed by atoms with Gasteiger partial charge in [-0.2, -0.15) is 0 Å². The molecular weight excluding hydrogens is 706 g/mol. The molecule has 0 bridgehead atoms. The summed E-state index contributed by atoms with van der Waals surface area (Å²) in [5, 5.41) is 2.86. The zero-order chi connectivity index (χ0) is 32.4. The molecule has 0 atom stereocenters. The van der Waals surface area contributed by atoms with Gasteiger partial charge in [0.15, 0.2) is 0 Å². The molecular formula is C29H24Cl4N4O6S2. The molecule has 1 saturated heterocycles. The van der Waals surface area contributed by atoms with Gasteiger partial charge in [-0.25, -0.2) is 16.8 Å². The summed E-state index contributed by atoms with van der Waals surface area (Å²) < 4.78 is 63.4. The van der Waals surface area contributed by atoms with Gasteiger partial charge in [0.2, 0.25) is 0 Å². The first-order valence-corrected chi connectivity index (χ1v) is 17.6. The van der Waals surface area contributed by atoms with E-state index in [1.165, 1.54) is 30.3 Å². The third kappa shape index (κ3) is 7.78. The molecule has 4 aromatic carbocycles. The largest absolute Gasteiger partial charge is 0.378 e. The first-order valence-electron chi connectivity index (χ1n) is 13.2. The average molecular weight is 730 g/mol. The van der Waals surface area contributed by atoms with Crippen molar-refractivity contribution in [3.63, 3.8) is 0 Å². The normalized spacial score (nSPS) is 13.7. The fourth-order valence-electron chi connectivity index (χ4n) is 4.47. The standard InChI is InChI=1S/C29H24Cl4N4O6S2/c30-18-4-3-5-19(14-18)35-45(41,42)28-16-21(23(32)17-24(28)33)29(38)34-26-15-20(8-9-27(26)37-10-12-43-13-11-37)44(39,40)36-25-7-2-1-6-22(25)31/h1-9,14-17,35-36H,10-13H2,(H,34,38). The molecule has 0 aliphatic carbocycles. The van der Waals surface area contributed by atoms with Crippen LogP contribution in [0.15, 0.2) is 88.7 Å². The number of anilines is 4. The Kier molecular flexibility index (Phi) is 10.0. The van der Waals surface area contributed by atoms with Crippen molar-refractivity contribution in [2.45, 2.75) is 9.79 Å². The van der Waals surface area contributed by atoms with Crippen molar-refractivity contribution < 1.29 is 26.4 Å². The molecule has 0 radical (unpaired) electrons. The number of para-hydroxylation sites is 1. The summed E-state index contributed by atoms with van der Waals surface area (Å²) in [6, 6.07) is 18.8. The van der Waals surface area contributed by atoms with Crippen LogP contribution in [0, 0.1) is 0 Å². The highest BCUT2D eigenvalue weighted by Gasteiger charge is 2.26. The second kappa shape index (κ2) is 13.6. The summed E-state index contributed by atoms with van der Waals surface area (Å²) in [6.45, 7) is 1.80. The third-order valence-corrected chi connectivity index (χ3v) is 10.7. The van der Waals surface area contributed by atoms with Crippen LogP contribution in [0.4, 0.5) is 22.7 Å². The minimum Gasteiger partial charge on any atom is -0.378 e. The minimum atomic E-state index is -4.29. The summed E-state index contributed by atoms with van der Waals surface area (Å²) >= 11 is 24.8. The van der Waals surface area contributed by atoms with Gasteiger partial charge in [0.1, 0.15) is 4.90 Å². The number of amides is 1. The quantitative estimate of drug-likeness (QED) is 0.169. The topological polar surface area (TPSA) is 134 Å². The monoisotopic (exact) mass is 728 g/mol. The Morgan fingerprint density at radius 1 is 0.711 bits per heavy atom. The number of halogens is 4.